The number of aliphatic hydroxyl groups is 2. The van der Waals surface area contributed by atoms with E-state index >= 15 is 0 Å². The van der Waals surface area contributed by atoms with E-state index in [1.54, 1.807) is 5.57 Å². The van der Waals surface area contributed by atoms with Crippen LogP contribution in [0.2, 0.25) is 0 Å². The molecule has 24 heavy (non-hydrogen) atoms. The molecule has 0 amide bonds. The highest BCUT2D eigenvalue weighted by atomic mass is 127. The third-order valence-corrected chi connectivity index (χ3v) is 7.72. The molecule has 0 unspecified atom stereocenters. The van der Waals surface area contributed by atoms with Gasteiger partial charge in [0.05, 0.1) is 12.2 Å². The van der Waals surface area contributed by atoms with Crippen LogP contribution in [0.25, 0.3) is 0 Å². The highest BCUT2D eigenvalue weighted by Crippen LogP contribution is 2.59. The number of aliphatic hydroxyl groups excluding tert-OH is 2. The number of alkyl halides is 1. The van der Waals surface area contributed by atoms with Crippen LogP contribution in [0.1, 0.15) is 58.8 Å². The Morgan fingerprint density at radius 2 is 2.04 bits per heavy atom. The maximum Gasteiger partial charge on any atom is 0.0811 e. The largest absolute Gasteiger partial charge is 0.393 e. The summed E-state index contributed by atoms with van der Waals surface area (Å²) in [6.45, 7) is 8.91. The quantitative estimate of drug-likeness (QED) is 0.469. The molecule has 0 heterocycles. The molecule has 2 N–H and O–H groups in total. The van der Waals surface area contributed by atoms with Crippen LogP contribution in [-0.4, -0.2) is 26.3 Å². The predicted molar refractivity (Wildman–Crippen MR) is 108 cm³/mol. The van der Waals surface area contributed by atoms with Gasteiger partial charge < -0.3 is 10.2 Å². The second-order valence-electron chi connectivity index (χ2n) is 8.34. The Labute approximate surface area is 160 Å². The van der Waals surface area contributed by atoms with Crippen LogP contribution in [0.4, 0.5) is 0 Å². The molecule has 3 heteroatoms. The Kier molecular flexibility index (Phi) is 5.63. The lowest BCUT2D eigenvalue weighted by molar-refractivity contribution is 0.0862. The van der Waals surface area contributed by atoms with Crippen molar-refractivity contribution in [1.82, 2.24) is 0 Å². The molecule has 0 spiro atoms. The number of rotatable bonds is 2. The van der Waals surface area contributed by atoms with Gasteiger partial charge in [0, 0.05) is 10.3 Å². The van der Waals surface area contributed by atoms with E-state index in [4.69, 9.17) is 0 Å². The highest BCUT2D eigenvalue weighted by Gasteiger charge is 2.50. The summed E-state index contributed by atoms with van der Waals surface area (Å²) in [5, 5.41) is 19.9. The van der Waals surface area contributed by atoms with E-state index in [-0.39, 0.29) is 0 Å². The fraction of sp³-hybridized carbons (Fsp3) is 0.714. The van der Waals surface area contributed by atoms with Crippen molar-refractivity contribution in [3.05, 3.63) is 35.5 Å². The number of hydrogen-bond acceptors (Lipinski definition) is 2. The van der Waals surface area contributed by atoms with Crippen LogP contribution in [0.15, 0.2) is 35.5 Å². The third-order valence-electron chi connectivity index (χ3n) is 6.86. The van der Waals surface area contributed by atoms with Crippen molar-refractivity contribution >= 4 is 22.6 Å². The fourth-order valence-corrected chi connectivity index (χ4v) is 6.68. The Morgan fingerprint density at radius 1 is 1.29 bits per heavy atom. The first-order chi connectivity index (χ1) is 11.3. The second-order valence-corrected chi connectivity index (χ2v) is 10.3. The van der Waals surface area contributed by atoms with E-state index in [9.17, 15) is 10.2 Å². The van der Waals surface area contributed by atoms with Crippen LogP contribution in [0.5, 0.6) is 0 Å². The molecule has 3 saturated carbocycles. The average molecular weight is 442 g/mol. The van der Waals surface area contributed by atoms with E-state index in [0.717, 1.165) is 21.0 Å². The molecule has 134 valence electrons. The van der Waals surface area contributed by atoms with E-state index in [1.165, 1.54) is 32.1 Å². The summed E-state index contributed by atoms with van der Waals surface area (Å²) in [5.74, 6) is 1.53. The zero-order valence-corrected chi connectivity index (χ0v) is 17.1. The maximum absolute atomic E-state index is 10.0. The third kappa shape index (κ3) is 3.41. The minimum Gasteiger partial charge on any atom is -0.393 e. The molecular formula is C21H31IO2. The van der Waals surface area contributed by atoms with E-state index in [1.807, 2.05) is 0 Å². The summed E-state index contributed by atoms with van der Waals surface area (Å²) < 4.78 is 0.735. The molecule has 3 aliphatic carbocycles. The SMILES string of the molecule is C=C1/C(=C\C=C2/CCC[C@]3(C)[C@@H]([C@@H](C)I)CC[C@@H]23)C[C@@H](O)C[C@@H]1O. The Bertz CT molecular complexity index is 562. The molecule has 6 atom stereocenters. The Morgan fingerprint density at radius 3 is 2.75 bits per heavy atom. The van der Waals surface area contributed by atoms with Gasteiger partial charge in [-0.1, -0.05) is 60.7 Å². The molecule has 0 bridgehead atoms. The summed E-state index contributed by atoms with van der Waals surface area (Å²) >= 11 is 2.62. The fourth-order valence-electron chi connectivity index (χ4n) is 5.50. The van der Waals surface area contributed by atoms with Gasteiger partial charge in [0.2, 0.25) is 0 Å². The summed E-state index contributed by atoms with van der Waals surface area (Å²) in [7, 11) is 0. The van der Waals surface area contributed by atoms with Crippen LogP contribution in [-0.2, 0) is 0 Å². The molecule has 0 aliphatic heterocycles. The van der Waals surface area contributed by atoms with Crippen molar-refractivity contribution in [1.29, 1.82) is 0 Å². The standard InChI is InChI=1S/C21H31IO2/c1-13-16(11-17(23)12-20(13)24)7-6-15-5-4-10-21(3)18(14(2)22)8-9-19(15)21/h6-7,14,17-20,23-24H,1,4-5,8-12H2,2-3H3/b15-6+,16-7-/t14-,17-,18-,19+,20+,21-/m1/s1. The van der Waals surface area contributed by atoms with Crippen molar-refractivity contribution in [2.75, 3.05) is 0 Å². The monoisotopic (exact) mass is 442 g/mol. The average Bonchev–Trinajstić information content (AvgIpc) is 2.87. The minimum atomic E-state index is -0.592. The van der Waals surface area contributed by atoms with Gasteiger partial charge in [0.1, 0.15) is 0 Å². The smallest absolute Gasteiger partial charge is 0.0811 e. The van der Waals surface area contributed by atoms with Gasteiger partial charge in [-0.2, -0.15) is 0 Å². The first-order valence-electron chi connectivity index (χ1n) is 9.42. The number of hydrogen-bond donors (Lipinski definition) is 2. The first kappa shape index (κ1) is 18.7. The van der Waals surface area contributed by atoms with Crippen molar-refractivity contribution < 1.29 is 10.2 Å². The molecule has 0 saturated heterocycles. The molecule has 3 rings (SSSR count). The van der Waals surface area contributed by atoms with Gasteiger partial charge >= 0.3 is 0 Å². The molecule has 3 fully saturated rings. The van der Waals surface area contributed by atoms with Crippen molar-refractivity contribution in [2.45, 2.75) is 74.9 Å². The van der Waals surface area contributed by atoms with Gasteiger partial charge in [0.15, 0.2) is 0 Å². The number of halogens is 1. The molecule has 0 aromatic rings. The molecule has 0 aromatic heterocycles. The Balaban J connectivity index is 1.83. The lowest BCUT2D eigenvalue weighted by Gasteiger charge is -2.43. The molecule has 0 radical (unpaired) electrons. The summed E-state index contributed by atoms with van der Waals surface area (Å²) in [4.78, 5) is 0. The van der Waals surface area contributed by atoms with E-state index < -0.39 is 12.2 Å². The van der Waals surface area contributed by atoms with E-state index in [0.29, 0.717) is 24.2 Å². The Hall–Kier alpha value is -0.130. The summed E-state index contributed by atoms with van der Waals surface area (Å²) in [6, 6.07) is 0. The van der Waals surface area contributed by atoms with Crippen molar-refractivity contribution in [3.8, 4) is 0 Å². The lowest BCUT2D eigenvalue weighted by atomic mass is 9.63. The predicted octanol–water partition coefficient (Wildman–Crippen LogP) is 4.95. The van der Waals surface area contributed by atoms with Crippen LogP contribution in [0, 0.1) is 17.3 Å². The van der Waals surface area contributed by atoms with Crippen LogP contribution < -0.4 is 0 Å². The number of fused-ring (bicyclic) bond motifs is 1. The van der Waals surface area contributed by atoms with Crippen LogP contribution >= 0.6 is 22.6 Å². The number of allylic oxidation sites excluding steroid dienone is 3. The maximum atomic E-state index is 10.0. The molecule has 0 aromatic carbocycles. The van der Waals surface area contributed by atoms with Gasteiger partial charge in [-0.15, -0.1) is 0 Å². The first-order valence-corrected chi connectivity index (χ1v) is 10.7. The minimum absolute atomic E-state index is 0.419. The van der Waals surface area contributed by atoms with E-state index in [2.05, 4.69) is 55.2 Å². The van der Waals surface area contributed by atoms with Gasteiger partial charge in [0.25, 0.3) is 0 Å². The zero-order chi connectivity index (χ0) is 17.5. The zero-order valence-electron chi connectivity index (χ0n) is 15.0. The summed E-state index contributed by atoms with van der Waals surface area (Å²) in [6.07, 6.45) is 10.9. The summed E-state index contributed by atoms with van der Waals surface area (Å²) in [5.41, 5.74) is 3.85. The topological polar surface area (TPSA) is 40.5 Å². The van der Waals surface area contributed by atoms with Crippen LogP contribution in [0.3, 0.4) is 0 Å². The molecule has 3 aliphatic rings. The van der Waals surface area contributed by atoms with Gasteiger partial charge in [-0.05, 0) is 66.9 Å². The normalized spacial score (nSPS) is 44.8. The lowest BCUT2D eigenvalue weighted by Crippen LogP contribution is -2.36. The molecule has 2 nitrogen and oxygen atoms in total. The highest BCUT2D eigenvalue weighted by molar-refractivity contribution is 14.1. The second kappa shape index (κ2) is 7.24. The van der Waals surface area contributed by atoms with Gasteiger partial charge in [-0.3, -0.25) is 0 Å². The van der Waals surface area contributed by atoms with Gasteiger partial charge in [-0.25, -0.2) is 0 Å². The molecular weight excluding hydrogens is 411 g/mol. The van der Waals surface area contributed by atoms with Crippen molar-refractivity contribution in [2.24, 2.45) is 17.3 Å². The van der Waals surface area contributed by atoms with Crippen molar-refractivity contribution in [3.63, 3.8) is 0 Å².